The van der Waals surface area contributed by atoms with Gasteiger partial charge in [0.25, 0.3) is 0 Å². The number of anilines is 2. The Morgan fingerprint density at radius 2 is 1.93 bits per heavy atom. The third kappa shape index (κ3) is 5.95. The summed E-state index contributed by atoms with van der Waals surface area (Å²) in [4.78, 5) is 12.7. The molecule has 29 heavy (non-hydrogen) atoms. The number of ether oxygens (including phenoxy) is 1. The van der Waals surface area contributed by atoms with Crippen LogP contribution in [0.4, 0.5) is 16.0 Å². The van der Waals surface area contributed by atoms with Gasteiger partial charge in [0.1, 0.15) is 17.9 Å². The van der Waals surface area contributed by atoms with E-state index in [2.05, 4.69) is 20.3 Å². The van der Waals surface area contributed by atoms with Crippen LogP contribution in [0.15, 0.2) is 48.8 Å². The molecule has 2 aromatic carbocycles. The molecule has 3 aromatic rings. The first-order valence-corrected chi connectivity index (χ1v) is 10.9. The molecule has 9 heteroatoms. The van der Waals surface area contributed by atoms with Crippen LogP contribution in [-0.2, 0) is 15.6 Å². The smallest absolute Gasteiger partial charge is 0.230 e. The molecule has 0 aliphatic carbocycles. The predicted molar refractivity (Wildman–Crippen MR) is 109 cm³/mol. The minimum Gasteiger partial charge on any atom is -0.490 e. The van der Waals surface area contributed by atoms with Gasteiger partial charge < -0.3 is 10.1 Å². The zero-order valence-electron chi connectivity index (χ0n) is 16.3. The Morgan fingerprint density at radius 3 is 2.66 bits per heavy atom. The lowest BCUT2D eigenvalue weighted by atomic mass is 10.2. The van der Waals surface area contributed by atoms with Crippen LogP contribution in [0.1, 0.15) is 19.4 Å². The second-order valence-electron chi connectivity index (χ2n) is 6.84. The van der Waals surface area contributed by atoms with Crippen LogP contribution in [0.25, 0.3) is 11.4 Å². The van der Waals surface area contributed by atoms with E-state index in [1.807, 2.05) is 13.8 Å². The van der Waals surface area contributed by atoms with Gasteiger partial charge in [0.15, 0.2) is 15.7 Å². The van der Waals surface area contributed by atoms with E-state index in [1.165, 1.54) is 24.7 Å². The van der Waals surface area contributed by atoms with Crippen LogP contribution >= 0.6 is 0 Å². The molecule has 0 unspecified atom stereocenters. The van der Waals surface area contributed by atoms with Crippen LogP contribution in [-0.4, -0.2) is 35.7 Å². The van der Waals surface area contributed by atoms with Gasteiger partial charge in [-0.3, -0.25) is 0 Å². The van der Waals surface area contributed by atoms with Crippen molar-refractivity contribution in [2.45, 2.75) is 25.7 Å². The second kappa shape index (κ2) is 8.52. The Hall–Kier alpha value is -3.07. The van der Waals surface area contributed by atoms with Gasteiger partial charge in [-0.2, -0.15) is 4.98 Å². The normalized spacial score (nSPS) is 11.5. The van der Waals surface area contributed by atoms with Gasteiger partial charge in [-0.1, -0.05) is 12.1 Å². The van der Waals surface area contributed by atoms with Crippen molar-refractivity contribution in [3.05, 3.63) is 60.2 Å². The van der Waals surface area contributed by atoms with Gasteiger partial charge in [0.05, 0.1) is 17.4 Å². The lowest BCUT2D eigenvalue weighted by Crippen LogP contribution is -2.08. The molecule has 0 amide bonds. The average Bonchev–Trinajstić information content (AvgIpc) is 2.60. The van der Waals surface area contributed by atoms with E-state index in [-0.39, 0.29) is 17.8 Å². The molecule has 0 aliphatic heterocycles. The third-order valence-corrected chi connectivity index (χ3v) is 4.59. The zero-order chi connectivity index (χ0) is 21.0. The number of halogens is 1. The molecular formula is C20H21FN4O3S. The first-order chi connectivity index (χ1) is 13.7. The Bertz CT molecular complexity index is 1120. The fraction of sp³-hybridized carbons (Fsp3) is 0.250. The van der Waals surface area contributed by atoms with Crippen LogP contribution in [0, 0.1) is 5.82 Å². The predicted octanol–water partition coefficient (Wildman–Crippen LogP) is 3.75. The summed E-state index contributed by atoms with van der Waals surface area (Å²) in [7, 11) is -3.14. The highest BCUT2D eigenvalue weighted by Gasteiger charge is 2.13. The van der Waals surface area contributed by atoms with E-state index in [9.17, 15) is 12.8 Å². The van der Waals surface area contributed by atoms with Crippen LogP contribution in [0.3, 0.4) is 0 Å². The minimum atomic E-state index is -3.14. The molecule has 0 fully saturated rings. The van der Waals surface area contributed by atoms with Crippen molar-refractivity contribution in [1.82, 2.24) is 15.0 Å². The van der Waals surface area contributed by atoms with Gasteiger partial charge in [-0.15, -0.1) is 0 Å². The Balaban J connectivity index is 1.89. The molecule has 7 nitrogen and oxygen atoms in total. The third-order valence-electron chi connectivity index (χ3n) is 3.73. The summed E-state index contributed by atoms with van der Waals surface area (Å²) in [6.07, 6.45) is 2.38. The highest BCUT2D eigenvalue weighted by atomic mass is 32.2. The van der Waals surface area contributed by atoms with Crippen LogP contribution < -0.4 is 10.1 Å². The maximum absolute atomic E-state index is 13.6. The van der Waals surface area contributed by atoms with Crippen LogP contribution in [0.5, 0.6) is 5.75 Å². The number of rotatable bonds is 7. The molecule has 0 atom stereocenters. The van der Waals surface area contributed by atoms with Gasteiger partial charge in [0.2, 0.25) is 5.95 Å². The molecule has 1 heterocycles. The van der Waals surface area contributed by atoms with E-state index < -0.39 is 15.7 Å². The van der Waals surface area contributed by atoms with Crippen molar-refractivity contribution in [1.29, 1.82) is 0 Å². The van der Waals surface area contributed by atoms with Crippen LogP contribution in [0.2, 0.25) is 0 Å². The van der Waals surface area contributed by atoms with Crippen molar-refractivity contribution in [2.24, 2.45) is 0 Å². The molecule has 0 aliphatic rings. The highest BCUT2D eigenvalue weighted by molar-refractivity contribution is 7.89. The molecule has 3 rings (SSSR count). The molecule has 1 N–H and O–H groups in total. The maximum Gasteiger partial charge on any atom is 0.230 e. The Kier molecular flexibility index (Phi) is 6.07. The summed E-state index contributed by atoms with van der Waals surface area (Å²) in [5.41, 5.74) is 1.83. The summed E-state index contributed by atoms with van der Waals surface area (Å²) < 4.78 is 42.4. The highest BCUT2D eigenvalue weighted by Crippen LogP contribution is 2.29. The zero-order valence-corrected chi connectivity index (χ0v) is 17.1. The summed E-state index contributed by atoms with van der Waals surface area (Å²) in [6, 6.07) is 11.1. The number of hydrogen-bond donors (Lipinski definition) is 1. The monoisotopic (exact) mass is 416 g/mol. The fourth-order valence-electron chi connectivity index (χ4n) is 2.69. The fourth-order valence-corrected chi connectivity index (χ4v) is 3.47. The molecule has 0 saturated heterocycles. The summed E-state index contributed by atoms with van der Waals surface area (Å²) >= 11 is 0. The molecule has 0 saturated carbocycles. The van der Waals surface area contributed by atoms with E-state index in [4.69, 9.17) is 4.74 Å². The first-order valence-electron chi connectivity index (χ1n) is 8.89. The van der Waals surface area contributed by atoms with E-state index >= 15 is 0 Å². The van der Waals surface area contributed by atoms with Gasteiger partial charge in [-0.25, -0.2) is 22.8 Å². The quantitative estimate of drug-likeness (QED) is 0.627. The van der Waals surface area contributed by atoms with Crippen molar-refractivity contribution < 1.29 is 17.5 Å². The first kappa shape index (κ1) is 20.7. The SMILES string of the molecule is CC(C)Oc1cc(F)ccc1-c1ncnc(Nc2cccc(CS(C)(=O)=O)c2)n1. The van der Waals surface area contributed by atoms with Crippen molar-refractivity contribution in [3.8, 4) is 17.1 Å². The van der Waals surface area contributed by atoms with Crippen molar-refractivity contribution >= 4 is 21.5 Å². The van der Waals surface area contributed by atoms with E-state index in [0.29, 0.717) is 28.4 Å². The second-order valence-corrected chi connectivity index (χ2v) is 8.98. The van der Waals surface area contributed by atoms with Crippen molar-refractivity contribution in [2.75, 3.05) is 11.6 Å². The average molecular weight is 416 g/mol. The summed E-state index contributed by atoms with van der Waals surface area (Å²) in [5, 5.41) is 3.04. The van der Waals surface area contributed by atoms with Gasteiger partial charge in [-0.05, 0) is 43.7 Å². The molecule has 0 bridgehead atoms. The molecule has 152 valence electrons. The summed E-state index contributed by atoms with van der Waals surface area (Å²) in [5.74, 6) is 0.458. The van der Waals surface area contributed by atoms with Gasteiger partial charge in [0, 0.05) is 18.0 Å². The maximum atomic E-state index is 13.6. The molecule has 1 aromatic heterocycles. The largest absolute Gasteiger partial charge is 0.490 e. The lowest BCUT2D eigenvalue weighted by Gasteiger charge is -2.14. The Morgan fingerprint density at radius 1 is 1.14 bits per heavy atom. The summed E-state index contributed by atoms with van der Waals surface area (Å²) in [6.45, 7) is 3.69. The topological polar surface area (TPSA) is 94.1 Å². The minimum absolute atomic E-state index is 0.0591. The number of sulfone groups is 1. The van der Waals surface area contributed by atoms with E-state index in [1.54, 1.807) is 30.3 Å². The molecular weight excluding hydrogens is 395 g/mol. The van der Waals surface area contributed by atoms with E-state index in [0.717, 1.165) is 0 Å². The van der Waals surface area contributed by atoms with Crippen molar-refractivity contribution in [3.63, 3.8) is 0 Å². The number of nitrogens with one attached hydrogen (secondary N) is 1. The number of aromatic nitrogens is 3. The Labute approximate surface area is 168 Å². The number of benzene rings is 2. The molecule has 0 radical (unpaired) electrons. The lowest BCUT2D eigenvalue weighted by molar-refractivity contribution is 0.242. The number of nitrogens with zero attached hydrogens (tertiary/aromatic N) is 3. The van der Waals surface area contributed by atoms with Gasteiger partial charge >= 0.3 is 0 Å². The molecule has 0 spiro atoms. The number of hydrogen-bond acceptors (Lipinski definition) is 7. The standard InChI is InChI=1S/C20H21FN4O3S/c1-13(2)28-18-10-15(21)7-8-17(18)19-22-12-23-20(25-19)24-16-6-4-5-14(9-16)11-29(3,26)27/h4-10,12-13H,11H2,1-3H3,(H,22,23,24,25).